The van der Waals surface area contributed by atoms with Gasteiger partial charge in [0.1, 0.15) is 10.6 Å². The molecule has 2 aromatic carbocycles. The summed E-state index contributed by atoms with van der Waals surface area (Å²) in [5.41, 5.74) is 0.321. The van der Waals surface area contributed by atoms with Crippen molar-refractivity contribution in [1.82, 2.24) is 4.72 Å². The maximum Gasteiger partial charge on any atom is 0.244 e. The van der Waals surface area contributed by atoms with Gasteiger partial charge >= 0.3 is 0 Å². The molecule has 0 aliphatic carbocycles. The van der Waals surface area contributed by atoms with E-state index in [2.05, 4.69) is 10.0 Å². The van der Waals surface area contributed by atoms with Crippen molar-refractivity contribution in [3.05, 3.63) is 36.4 Å². The molecule has 134 valence electrons. The number of benzene rings is 2. The molecule has 1 aliphatic rings. The smallest absolute Gasteiger partial charge is 0.244 e. The lowest BCUT2D eigenvalue weighted by Crippen LogP contribution is -2.34. The summed E-state index contributed by atoms with van der Waals surface area (Å²) in [6.07, 6.45) is 0. The van der Waals surface area contributed by atoms with E-state index in [1.165, 1.54) is 6.07 Å². The molecular formula is C14H15N3O5S3. The second kappa shape index (κ2) is 6.50. The molecule has 0 atom stereocenters. The fourth-order valence-corrected chi connectivity index (χ4v) is 5.42. The van der Waals surface area contributed by atoms with Gasteiger partial charge in [0.05, 0.1) is 24.4 Å². The largest absolute Gasteiger partial charge is 0.497 e. The Bertz CT molecular complexity index is 1020. The van der Waals surface area contributed by atoms with Crippen LogP contribution in [0.5, 0.6) is 5.75 Å². The number of nitrogens with two attached hydrogens (primary N) is 1. The zero-order valence-electron chi connectivity index (χ0n) is 13.0. The Morgan fingerprint density at radius 1 is 1.20 bits per heavy atom. The van der Waals surface area contributed by atoms with Gasteiger partial charge in [0.15, 0.2) is 0 Å². The summed E-state index contributed by atoms with van der Waals surface area (Å²) < 4.78 is 55.4. The van der Waals surface area contributed by atoms with Crippen molar-refractivity contribution in [2.75, 3.05) is 19.1 Å². The van der Waals surface area contributed by atoms with Crippen molar-refractivity contribution in [3.63, 3.8) is 0 Å². The van der Waals surface area contributed by atoms with E-state index >= 15 is 0 Å². The molecule has 1 heterocycles. The Hall–Kier alpha value is -1.79. The highest BCUT2D eigenvalue weighted by molar-refractivity contribution is 8.00. The van der Waals surface area contributed by atoms with E-state index in [0.717, 1.165) is 22.7 Å². The molecule has 0 aromatic heterocycles. The van der Waals surface area contributed by atoms with Gasteiger partial charge in [-0.3, -0.25) is 0 Å². The number of hydrogen-bond donors (Lipinski definition) is 3. The predicted octanol–water partition coefficient (Wildman–Crippen LogP) is 1.16. The lowest BCUT2D eigenvalue weighted by Gasteiger charge is -2.21. The summed E-state index contributed by atoms with van der Waals surface area (Å²) in [7, 11) is -6.35. The standard InChI is InChI=1S/C14H15N3O5S3/c1-22-9-2-4-10(5-3-9)23-12-6-11-13(7-14(12)24(15,18)19)25(20,21)17-8-16-11/h2-7,16-17H,8H2,1H3,(H2,15,18,19). The molecule has 0 unspecified atom stereocenters. The van der Waals surface area contributed by atoms with Crippen LogP contribution in [0.2, 0.25) is 0 Å². The molecule has 3 rings (SSSR count). The number of hydrogen-bond acceptors (Lipinski definition) is 7. The van der Waals surface area contributed by atoms with Gasteiger partial charge in [0.2, 0.25) is 20.0 Å². The average molecular weight is 401 g/mol. The topological polar surface area (TPSA) is 128 Å². The molecular weight excluding hydrogens is 386 g/mol. The highest BCUT2D eigenvalue weighted by Gasteiger charge is 2.27. The molecule has 0 spiro atoms. The van der Waals surface area contributed by atoms with Gasteiger partial charge < -0.3 is 10.1 Å². The Morgan fingerprint density at radius 3 is 2.48 bits per heavy atom. The van der Waals surface area contributed by atoms with Crippen LogP contribution in [0.25, 0.3) is 0 Å². The van der Waals surface area contributed by atoms with Crippen molar-refractivity contribution < 1.29 is 21.6 Å². The fourth-order valence-electron chi connectivity index (χ4n) is 2.28. The molecule has 0 radical (unpaired) electrons. The van der Waals surface area contributed by atoms with Gasteiger partial charge in [-0.15, -0.1) is 0 Å². The van der Waals surface area contributed by atoms with Crippen molar-refractivity contribution in [2.45, 2.75) is 19.6 Å². The second-order valence-corrected chi connectivity index (χ2v) is 9.50. The van der Waals surface area contributed by atoms with Crippen molar-refractivity contribution >= 4 is 37.5 Å². The van der Waals surface area contributed by atoms with Crippen LogP contribution in [0.4, 0.5) is 5.69 Å². The van der Waals surface area contributed by atoms with Gasteiger partial charge in [0.25, 0.3) is 0 Å². The normalized spacial score (nSPS) is 15.9. The van der Waals surface area contributed by atoms with Crippen LogP contribution in [0.3, 0.4) is 0 Å². The molecule has 0 amide bonds. The van der Waals surface area contributed by atoms with Crippen LogP contribution in [0, 0.1) is 0 Å². The SMILES string of the molecule is COc1ccc(Sc2cc3c(cc2S(N)(=O)=O)S(=O)(=O)NCN3)cc1. The van der Waals surface area contributed by atoms with Gasteiger partial charge in [-0.05, 0) is 36.4 Å². The molecule has 4 N–H and O–H groups in total. The van der Waals surface area contributed by atoms with Gasteiger partial charge in [-0.25, -0.2) is 22.0 Å². The first kappa shape index (κ1) is 18.0. The highest BCUT2D eigenvalue weighted by atomic mass is 32.2. The van der Waals surface area contributed by atoms with E-state index in [9.17, 15) is 16.8 Å². The third-order valence-corrected chi connectivity index (χ3v) is 7.06. The molecule has 0 saturated heterocycles. The molecule has 2 aromatic rings. The first-order valence-corrected chi connectivity index (χ1v) is 10.8. The number of sulfonamides is 2. The number of nitrogens with one attached hydrogen (secondary N) is 2. The van der Waals surface area contributed by atoms with Gasteiger partial charge in [-0.1, -0.05) is 11.8 Å². The van der Waals surface area contributed by atoms with E-state index in [-0.39, 0.29) is 16.5 Å². The Kier molecular flexibility index (Phi) is 4.68. The van der Waals surface area contributed by atoms with Gasteiger partial charge in [0, 0.05) is 9.79 Å². The van der Waals surface area contributed by atoms with Crippen LogP contribution < -0.4 is 19.9 Å². The number of ether oxygens (including phenoxy) is 1. The number of methoxy groups -OCH3 is 1. The fraction of sp³-hybridized carbons (Fsp3) is 0.143. The molecule has 0 fully saturated rings. The van der Waals surface area contributed by atoms with E-state index in [1.54, 1.807) is 31.4 Å². The van der Waals surface area contributed by atoms with E-state index in [1.807, 2.05) is 0 Å². The Morgan fingerprint density at radius 2 is 1.88 bits per heavy atom. The molecule has 1 aliphatic heterocycles. The lowest BCUT2D eigenvalue weighted by molar-refractivity contribution is 0.414. The average Bonchev–Trinajstić information content (AvgIpc) is 2.54. The third-order valence-electron chi connectivity index (χ3n) is 3.47. The van der Waals surface area contributed by atoms with Gasteiger partial charge in [-0.2, -0.15) is 4.72 Å². The molecule has 0 saturated carbocycles. The quantitative estimate of drug-likeness (QED) is 0.701. The summed E-state index contributed by atoms with van der Waals surface area (Å²) >= 11 is 1.16. The summed E-state index contributed by atoms with van der Waals surface area (Å²) in [4.78, 5) is 0.682. The molecule has 11 heteroatoms. The van der Waals surface area contributed by atoms with Crippen LogP contribution in [-0.2, 0) is 20.0 Å². The van der Waals surface area contributed by atoms with Crippen LogP contribution in [0.1, 0.15) is 0 Å². The maximum absolute atomic E-state index is 12.1. The number of rotatable bonds is 4. The highest BCUT2D eigenvalue weighted by Crippen LogP contribution is 2.38. The monoisotopic (exact) mass is 401 g/mol. The van der Waals surface area contributed by atoms with Crippen LogP contribution in [0.15, 0.2) is 56.0 Å². The van der Waals surface area contributed by atoms with Crippen molar-refractivity contribution in [2.24, 2.45) is 5.14 Å². The van der Waals surface area contributed by atoms with Crippen molar-refractivity contribution in [1.29, 1.82) is 0 Å². The van der Waals surface area contributed by atoms with E-state index in [0.29, 0.717) is 16.3 Å². The summed E-state index contributed by atoms with van der Waals surface area (Å²) in [6.45, 7) is 0.0245. The van der Waals surface area contributed by atoms with Crippen molar-refractivity contribution in [3.8, 4) is 5.75 Å². The van der Waals surface area contributed by atoms with E-state index in [4.69, 9.17) is 9.88 Å². The minimum absolute atomic E-state index is 0.0245. The number of primary sulfonamides is 1. The zero-order chi connectivity index (χ0) is 18.2. The second-order valence-electron chi connectivity index (χ2n) is 5.12. The zero-order valence-corrected chi connectivity index (χ0v) is 15.5. The summed E-state index contributed by atoms with van der Waals surface area (Å²) in [5, 5.41) is 8.16. The first-order valence-electron chi connectivity index (χ1n) is 6.97. The molecule has 0 bridgehead atoms. The Labute approximate surface area is 149 Å². The minimum atomic E-state index is -4.12. The van der Waals surface area contributed by atoms with Crippen LogP contribution in [-0.4, -0.2) is 30.6 Å². The van der Waals surface area contributed by atoms with Crippen LogP contribution >= 0.6 is 11.8 Å². The Balaban J connectivity index is 2.11. The van der Waals surface area contributed by atoms with E-state index < -0.39 is 20.0 Å². The minimum Gasteiger partial charge on any atom is -0.497 e. The first-order chi connectivity index (χ1) is 11.7. The molecule has 8 nitrogen and oxygen atoms in total. The summed E-state index contributed by atoms with van der Waals surface area (Å²) in [5.74, 6) is 0.667. The maximum atomic E-state index is 12.1. The third kappa shape index (κ3) is 3.75. The summed E-state index contributed by atoms with van der Waals surface area (Å²) in [6, 6.07) is 9.56. The lowest BCUT2D eigenvalue weighted by atomic mass is 10.3. The number of fused-ring (bicyclic) bond motifs is 1. The number of anilines is 1. The molecule has 25 heavy (non-hydrogen) atoms. The predicted molar refractivity (Wildman–Crippen MR) is 93.7 cm³/mol.